The van der Waals surface area contributed by atoms with Crippen LogP contribution in [0.4, 0.5) is 28.8 Å². The standard InChI is InChI=1S/C55H95BrN8O12/c1-50(2,3)71-44(65)59-23-19-57(20-24-60(45(66)72-51(4,5)6)28-32-63(31-27-59)48(69)75-54(13,14)15)39-42-35-41(38-56)36-43(37-42)40-58-21-25-61(46(67)73-52(7,8)9)29-33-64(49(70)76-55(16,17)18)34-30-62(26-22-58)47(68)74-53(10,11)12/h35-37H,19-34,38-40H2,1-18H3. The van der Waals surface area contributed by atoms with E-state index in [0.717, 1.165) is 16.7 Å². The first-order valence-corrected chi connectivity index (χ1v) is 27.9. The lowest BCUT2D eigenvalue weighted by atomic mass is 10.1. The van der Waals surface area contributed by atoms with Crippen molar-refractivity contribution in [2.24, 2.45) is 0 Å². The maximum atomic E-state index is 13.8. The molecule has 0 aromatic heterocycles. The number of amides is 6. The van der Waals surface area contributed by atoms with Crippen LogP contribution in [-0.2, 0) is 46.8 Å². The fourth-order valence-corrected chi connectivity index (χ4v) is 8.22. The molecule has 21 heteroatoms. The van der Waals surface area contributed by atoms with Gasteiger partial charge in [0.2, 0.25) is 0 Å². The molecule has 0 radical (unpaired) electrons. The number of halogens is 1. The smallest absolute Gasteiger partial charge is 0.410 e. The average molecular weight is 1140 g/mol. The zero-order chi connectivity index (χ0) is 57.6. The highest BCUT2D eigenvalue weighted by atomic mass is 79.9. The summed E-state index contributed by atoms with van der Waals surface area (Å²) < 4.78 is 35.1. The van der Waals surface area contributed by atoms with Gasteiger partial charge < -0.3 is 57.8 Å². The monoisotopic (exact) mass is 1140 g/mol. The van der Waals surface area contributed by atoms with Crippen LogP contribution in [-0.4, -0.2) is 214 Å². The molecule has 3 rings (SSSR count). The second kappa shape index (κ2) is 27.7. The summed E-state index contributed by atoms with van der Waals surface area (Å²) in [6.07, 6.45) is -3.13. The number of hydrogen-bond acceptors (Lipinski definition) is 14. The second-order valence-electron chi connectivity index (χ2n) is 25.6. The van der Waals surface area contributed by atoms with Gasteiger partial charge in [-0.3, -0.25) is 9.80 Å². The lowest BCUT2D eigenvalue weighted by molar-refractivity contribution is 0.00436. The second-order valence-corrected chi connectivity index (χ2v) is 26.2. The zero-order valence-electron chi connectivity index (χ0n) is 49.5. The van der Waals surface area contributed by atoms with Crippen molar-refractivity contribution in [3.05, 3.63) is 34.9 Å². The van der Waals surface area contributed by atoms with Crippen LogP contribution < -0.4 is 0 Å². The van der Waals surface area contributed by atoms with Crippen LogP contribution in [0, 0.1) is 0 Å². The summed E-state index contributed by atoms with van der Waals surface area (Å²) in [4.78, 5) is 96.4. The van der Waals surface area contributed by atoms with Crippen LogP contribution >= 0.6 is 15.9 Å². The summed E-state index contributed by atoms with van der Waals surface area (Å²) in [5, 5.41) is 0.563. The normalized spacial score (nSPS) is 17.6. The van der Waals surface area contributed by atoms with Crippen molar-refractivity contribution in [2.45, 2.75) is 177 Å². The van der Waals surface area contributed by atoms with Gasteiger partial charge in [0.25, 0.3) is 0 Å². The number of hydrogen-bond donors (Lipinski definition) is 0. The van der Waals surface area contributed by atoms with E-state index in [1.807, 2.05) is 83.1 Å². The number of benzene rings is 1. The predicted molar refractivity (Wildman–Crippen MR) is 296 cm³/mol. The maximum absolute atomic E-state index is 13.8. The number of rotatable bonds is 5. The van der Waals surface area contributed by atoms with Crippen LogP contribution in [0.3, 0.4) is 0 Å². The molecule has 6 amide bonds. The first-order valence-electron chi connectivity index (χ1n) is 26.8. The minimum absolute atomic E-state index is 0.138. The van der Waals surface area contributed by atoms with E-state index in [1.165, 1.54) is 9.80 Å². The van der Waals surface area contributed by atoms with Gasteiger partial charge in [-0.05, 0) is 141 Å². The Morgan fingerprint density at radius 2 is 0.474 bits per heavy atom. The van der Waals surface area contributed by atoms with E-state index in [1.54, 1.807) is 61.1 Å². The molecule has 0 spiro atoms. The summed E-state index contributed by atoms with van der Waals surface area (Å²) in [6.45, 7) is 37.3. The Morgan fingerprint density at radius 3 is 0.632 bits per heavy atom. The van der Waals surface area contributed by atoms with E-state index in [9.17, 15) is 28.8 Å². The molecule has 0 bridgehead atoms. The Kier molecular flexibility index (Phi) is 23.9. The fraction of sp³-hybridized carbons (Fsp3) is 0.782. The highest BCUT2D eigenvalue weighted by Crippen LogP contribution is 2.21. The topological polar surface area (TPSA) is 184 Å². The van der Waals surface area contributed by atoms with Crippen molar-refractivity contribution in [1.29, 1.82) is 0 Å². The molecule has 2 aliphatic heterocycles. The number of alkyl halides is 1. The van der Waals surface area contributed by atoms with Gasteiger partial charge in [0.1, 0.15) is 33.6 Å². The quantitative estimate of drug-likeness (QED) is 0.201. The van der Waals surface area contributed by atoms with Crippen LogP contribution in [0.2, 0.25) is 0 Å². The molecule has 0 aliphatic carbocycles. The molecule has 2 saturated heterocycles. The number of carbonyl (C=O) groups excluding carboxylic acids is 6. The van der Waals surface area contributed by atoms with Crippen molar-refractivity contribution >= 4 is 52.5 Å². The Balaban J connectivity index is 2.07. The Morgan fingerprint density at radius 1 is 0.316 bits per heavy atom. The van der Waals surface area contributed by atoms with Crippen molar-refractivity contribution < 1.29 is 57.2 Å². The number of nitrogens with zero attached hydrogens (tertiary/aromatic N) is 8. The SMILES string of the molecule is CC(C)(C)OC(=O)N1CCN(Cc2cc(CBr)cc(CN3CCN(C(=O)OC(C)(C)C)CCN(C(=O)OC(C)(C)C)CCN(C(=O)OC(C)(C)C)CC3)c2)CCN(C(=O)OC(C)(C)C)CCN(C(=O)OC(C)(C)C)CC1. The van der Waals surface area contributed by atoms with E-state index < -0.39 is 70.2 Å². The Labute approximate surface area is 463 Å². The van der Waals surface area contributed by atoms with Crippen LogP contribution in [0.5, 0.6) is 0 Å². The Hall–Kier alpha value is -4.76. The molecule has 2 aliphatic rings. The van der Waals surface area contributed by atoms with E-state index in [-0.39, 0.29) is 78.5 Å². The average Bonchev–Trinajstić information content (AvgIpc) is 3.21. The summed E-state index contributed by atoms with van der Waals surface area (Å²) in [6, 6.07) is 6.40. The molecular formula is C55H95BrN8O12. The summed E-state index contributed by atoms with van der Waals surface area (Å²) in [5.41, 5.74) is -1.59. The number of carbonyl (C=O) groups is 6. The minimum Gasteiger partial charge on any atom is -0.444 e. The lowest BCUT2D eigenvalue weighted by Gasteiger charge is -2.36. The summed E-state index contributed by atoms with van der Waals surface area (Å²) in [7, 11) is 0. The van der Waals surface area contributed by atoms with Crippen LogP contribution in [0.1, 0.15) is 141 Å². The van der Waals surface area contributed by atoms with Gasteiger partial charge in [-0.25, -0.2) is 28.8 Å². The molecule has 76 heavy (non-hydrogen) atoms. The molecular weight excluding hydrogens is 1040 g/mol. The highest BCUT2D eigenvalue weighted by Gasteiger charge is 2.33. The third kappa shape index (κ3) is 26.1. The maximum Gasteiger partial charge on any atom is 0.410 e. The van der Waals surface area contributed by atoms with Gasteiger partial charge in [0.05, 0.1) is 0 Å². The van der Waals surface area contributed by atoms with E-state index in [4.69, 9.17) is 28.4 Å². The fourth-order valence-electron chi connectivity index (χ4n) is 7.89. The first kappa shape index (κ1) is 65.5. The van der Waals surface area contributed by atoms with Gasteiger partial charge in [-0.2, -0.15) is 0 Å². The molecule has 0 unspecified atom stereocenters. The predicted octanol–water partition coefficient (Wildman–Crippen LogP) is 9.64. The van der Waals surface area contributed by atoms with Gasteiger partial charge in [0.15, 0.2) is 0 Å². The van der Waals surface area contributed by atoms with Gasteiger partial charge in [-0.1, -0.05) is 34.1 Å². The van der Waals surface area contributed by atoms with Gasteiger partial charge in [0, 0.05) is 123 Å². The lowest BCUT2D eigenvalue weighted by Crippen LogP contribution is -2.51. The third-order valence-electron chi connectivity index (χ3n) is 11.3. The van der Waals surface area contributed by atoms with Gasteiger partial charge in [-0.15, -0.1) is 0 Å². The third-order valence-corrected chi connectivity index (χ3v) is 11.9. The molecule has 0 saturated carbocycles. The first-order chi connectivity index (χ1) is 34.8. The van der Waals surface area contributed by atoms with Crippen molar-refractivity contribution in [3.8, 4) is 0 Å². The van der Waals surface area contributed by atoms with Crippen molar-refractivity contribution in [3.63, 3.8) is 0 Å². The zero-order valence-corrected chi connectivity index (χ0v) is 51.1. The van der Waals surface area contributed by atoms with E-state index in [0.29, 0.717) is 44.6 Å². The molecule has 1 aromatic rings. The summed E-state index contributed by atoms with van der Waals surface area (Å²) in [5.74, 6) is 0. The largest absolute Gasteiger partial charge is 0.444 e. The molecule has 0 N–H and O–H groups in total. The number of ether oxygens (including phenoxy) is 6. The molecule has 20 nitrogen and oxygen atoms in total. The van der Waals surface area contributed by atoms with E-state index >= 15 is 0 Å². The summed E-state index contributed by atoms with van der Waals surface area (Å²) >= 11 is 3.71. The van der Waals surface area contributed by atoms with Gasteiger partial charge >= 0.3 is 36.6 Å². The van der Waals surface area contributed by atoms with E-state index in [2.05, 4.69) is 43.9 Å². The van der Waals surface area contributed by atoms with Crippen molar-refractivity contribution in [1.82, 2.24) is 39.2 Å². The molecule has 2 fully saturated rings. The van der Waals surface area contributed by atoms with Crippen molar-refractivity contribution in [2.75, 3.05) is 105 Å². The molecule has 434 valence electrons. The minimum atomic E-state index is -0.770. The highest BCUT2D eigenvalue weighted by molar-refractivity contribution is 9.08. The molecule has 0 atom stereocenters. The van der Waals surface area contributed by atoms with Crippen LogP contribution in [0.25, 0.3) is 0 Å². The molecule has 1 aromatic carbocycles. The van der Waals surface area contributed by atoms with Crippen LogP contribution in [0.15, 0.2) is 18.2 Å². The Bertz CT molecular complexity index is 1860. The molecule has 2 heterocycles.